The molecular weight excluding hydrogens is 639 g/mol. The number of nitrogens with zero attached hydrogens (tertiary/aromatic N) is 2. The molecule has 15 heteroatoms. The quantitative estimate of drug-likeness (QED) is 0.149. The zero-order chi connectivity index (χ0) is 34.1. The number of likely N-dealkylation sites (N-methyl/N-ethyl adjacent to an activating group) is 1. The second-order valence-corrected chi connectivity index (χ2v) is 13.0. The van der Waals surface area contributed by atoms with Crippen molar-refractivity contribution in [3.63, 3.8) is 0 Å². The van der Waals surface area contributed by atoms with Gasteiger partial charge in [0.1, 0.15) is 17.4 Å². The molecule has 46 heavy (non-hydrogen) atoms. The van der Waals surface area contributed by atoms with Gasteiger partial charge >= 0.3 is 5.97 Å². The Kier molecular flexibility index (Phi) is 10.4. The number of aliphatic hydroxyl groups is 1. The molecule has 1 fully saturated rings. The van der Waals surface area contributed by atoms with Gasteiger partial charge in [-0.25, -0.2) is 35.2 Å². The third-order valence-corrected chi connectivity index (χ3v) is 9.95. The van der Waals surface area contributed by atoms with Crippen molar-refractivity contribution in [2.24, 2.45) is 0 Å². The normalized spacial score (nSPS) is 15.5. The molecule has 1 amide bonds. The predicted molar refractivity (Wildman–Crippen MR) is 155 cm³/mol. The van der Waals surface area contributed by atoms with E-state index in [0.29, 0.717) is 18.5 Å². The predicted octanol–water partition coefficient (Wildman–Crippen LogP) is 5.44. The summed E-state index contributed by atoms with van der Waals surface area (Å²) in [5.74, 6) is -16.1. The number of anilines is 1. The van der Waals surface area contributed by atoms with Crippen LogP contribution in [0.2, 0.25) is 0 Å². The average Bonchev–Trinajstić information content (AvgIpc) is 3.02. The molecule has 3 aromatic rings. The summed E-state index contributed by atoms with van der Waals surface area (Å²) in [5, 5.41) is 30.3. The largest absolute Gasteiger partial charge is 0.507 e. The number of carboxylic acid groups (broad SMARTS) is 1. The Morgan fingerprint density at radius 1 is 0.891 bits per heavy atom. The molecule has 0 saturated heterocycles. The zero-order valence-electron chi connectivity index (χ0n) is 24.7. The SMILES string of the molecule is C[C@@H](O)[C@@H](C(=O)N(Cc1ccc(C2CCCCC2)cc1)c1ccc(C(=O)O)c(O)c1)N(C)S(=O)(=O)c1c(F)c(F)c(F)c(F)c1F. The van der Waals surface area contributed by atoms with Gasteiger partial charge in [-0.05, 0) is 48.9 Å². The maximum atomic E-state index is 14.6. The Morgan fingerprint density at radius 2 is 1.43 bits per heavy atom. The second kappa shape index (κ2) is 13.7. The van der Waals surface area contributed by atoms with Crippen molar-refractivity contribution in [1.29, 1.82) is 0 Å². The highest BCUT2D eigenvalue weighted by molar-refractivity contribution is 7.89. The maximum absolute atomic E-state index is 14.6. The van der Waals surface area contributed by atoms with E-state index < -0.39 is 79.3 Å². The van der Waals surface area contributed by atoms with Gasteiger partial charge in [0, 0.05) is 18.8 Å². The molecule has 0 spiro atoms. The number of aliphatic hydroxyl groups excluding tert-OH is 1. The van der Waals surface area contributed by atoms with Crippen LogP contribution < -0.4 is 4.90 Å². The van der Waals surface area contributed by atoms with Gasteiger partial charge in [-0.2, -0.15) is 4.31 Å². The highest BCUT2D eigenvalue weighted by Crippen LogP contribution is 2.34. The number of aromatic hydroxyl groups is 1. The molecule has 4 rings (SSSR count). The van der Waals surface area contributed by atoms with Gasteiger partial charge in [0.2, 0.25) is 21.7 Å². The van der Waals surface area contributed by atoms with Gasteiger partial charge in [-0.3, -0.25) is 4.79 Å². The number of carbonyl (C=O) groups is 2. The van der Waals surface area contributed by atoms with E-state index in [0.717, 1.165) is 67.7 Å². The topological polar surface area (TPSA) is 135 Å². The molecule has 1 aliphatic rings. The first kappa shape index (κ1) is 34.8. The molecule has 2 atom stereocenters. The first-order chi connectivity index (χ1) is 21.6. The zero-order valence-corrected chi connectivity index (χ0v) is 25.5. The monoisotopic (exact) mass is 670 g/mol. The average molecular weight is 671 g/mol. The number of benzene rings is 3. The first-order valence-electron chi connectivity index (χ1n) is 14.2. The fraction of sp³-hybridized carbons (Fsp3) is 0.355. The van der Waals surface area contributed by atoms with Crippen molar-refractivity contribution in [3.05, 3.63) is 88.2 Å². The molecule has 0 radical (unpaired) electrons. The van der Waals surface area contributed by atoms with Gasteiger partial charge in [0.25, 0.3) is 0 Å². The van der Waals surface area contributed by atoms with Crippen LogP contribution in [0.25, 0.3) is 0 Å². The van der Waals surface area contributed by atoms with E-state index in [2.05, 4.69) is 0 Å². The van der Waals surface area contributed by atoms with Gasteiger partial charge < -0.3 is 20.2 Å². The Morgan fingerprint density at radius 3 is 1.93 bits per heavy atom. The summed E-state index contributed by atoms with van der Waals surface area (Å²) < 4.78 is 97.4. The van der Waals surface area contributed by atoms with E-state index in [4.69, 9.17) is 0 Å². The molecule has 0 bridgehead atoms. The van der Waals surface area contributed by atoms with E-state index in [1.54, 1.807) is 12.1 Å². The molecule has 3 aromatic carbocycles. The van der Waals surface area contributed by atoms with E-state index in [1.807, 2.05) is 12.1 Å². The number of carbonyl (C=O) groups excluding carboxylic acids is 1. The highest BCUT2D eigenvalue weighted by Gasteiger charge is 2.43. The summed E-state index contributed by atoms with van der Waals surface area (Å²) in [6, 6.07) is 7.97. The number of carboxylic acids is 1. The lowest BCUT2D eigenvalue weighted by Gasteiger charge is -2.34. The fourth-order valence-electron chi connectivity index (χ4n) is 5.61. The molecule has 3 N–H and O–H groups in total. The van der Waals surface area contributed by atoms with E-state index in [-0.39, 0.29) is 16.5 Å². The number of rotatable bonds is 10. The number of aromatic carboxylic acids is 1. The summed E-state index contributed by atoms with van der Waals surface area (Å²) in [4.78, 5) is 24.2. The van der Waals surface area contributed by atoms with Crippen LogP contribution in [0.1, 0.15) is 66.4 Å². The van der Waals surface area contributed by atoms with Gasteiger partial charge in [0.05, 0.1) is 12.6 Å². The maximum Gasteiger partial charge on any atom is 0.339 e. The van der Waals surface area contributed by atoms with Crippen LogP contribution in [0.15, 0.2) is 47.4 Å². The summed E-state index contributed by atoms with van der Waals surface area (Å²) >= 11 is 0. The lowest BCUT2D eigenvalue weighted by atomic mass is 9.84. The lowest BCUT2D eigenvalue weighted by Crippen LogP contribution is -2.54. The molecule has 0 aromatic heterocycles. The van der Waals surface area contributed by atoms with Crippen LogP contribution in [-0.4, -0.2) is 59.1 Å². The van der Waals surface area contributed by atoms with E-state index in [9.17, 15) is 55.3 Å². The summed E-state index contributed by atoms with van der Waals surface area (Å²) in [7, 11) is -5.07. The third-order valence-electron chi connectivity index (χ3n) is 8.09. The minimum absolute atomic E-state index is 0.0110. The molecule has 1 saturated carbocycles. The molecule has 1 aliphatic carbocycles. The first-order valence-corrected chi connectivity index (χ1v) is 15.7. The molecule has 248 valence electrons. The minimum Gasteiger partial charge on any atom is -0.507 e. The van der Waals surface area contributed by atoms with Crippen molar-refractivity contribution in [2.45, 2.75) is 68.5 Å². The molecule has 0 heterocycles. The van der Waals surface area contributed by atoms with Crippen molar-refractivity contribution in [3.8, 4) is 5.75 Å². The summed E-state index contributed by atoms with van der Waals surface area (Å²) in [5.41, 5.74) is 0.882. The van der Waals surface area contributed by atoms with E-state index in [1.165, 1.54) is 0 Å². The van der Waals surface area contributed by atoms with Crippen LogP contribution in [0, 0.1) is 29.1 Å². The van der Waals surface area contributed by atoms with Crippen LogP contribution in [-0.2, 0) is 21.4 Å². The number of phenols is 1. The van der Waals surface area contributed by atoms with Crippen molar-refractivity contribution in [2.75, 3.05) is 11.9 Å². The summed E-state index contributed by atoms with van der Waals surface area (Å²) in [6.07, 6.45) is 3.44. The lowest BCUT2D eigenvalue weighted by molar-refractivity contribution is -0.125. The molecule has 0 aliphatic heterocycles. The number of hydrogen-bond acceptors (Lipinski definition) is 6. The van der Waals surface area contributed by atoms with Crippen LogP contribution in [0.3, 0.4) is 0 Å². The summed E-state index contributed by atoms with van der Waals surface area (Å²) in [6.45, 7) is 0.643. The molecular formula is C31H31F5N2O7S. The standard InChI is InChI=1S/C31H31F5N2O7S/c1-16(39)28(37(2)46(44,45)29-26(35)24(33)23(32)25(34)27(29)36)30(41)38(20-12-13-21(31(42)43)22(40)14-20)15-17-8-10-19(11-9-17)18-6-4-3-5-7-18/h8-14,16,18,28,39-40H,3-7,15H2,1-2H3,(H,42,43)/t16-,28+/m1/s1. The number of halogens is 5. The third kappa shape index (κ3) is 6.71. The van der Waals surface area contributed by atoms with Gasteiger partial charge in [-0.15, -0.1) is 0 Å². The Labute approximate surface area is 261 Å². The number of amides is 1. The molecule has 9 nitrogen and oxygen atoms in total. The van der Waals surface area contributed by atoms with Gasteiger partial charge in [0.15, 0.2) is 28.2 Å². The second-order valence-electron chi connectivity index (χ2n) is 11.1. The fourth-order valence-corrected chi connectivity index (χ4v) is 7.09. The highest BCUT2D eigenvalue weighted by atomic mass is 32.2. The number of sulfonamides is 1. The van der Waals surface area contributed by atoms with Gasteiger partial charge in [-0.1, -0.05) is 43.5 Å². The Balaban J connectivity index is 1.78. The van der Waals surface area contributed by atoms with Crippen molar-refractivity contribution >= 4 is 27.6 Å². The Hall–Kier alpha value is -4.08. The van der Waals surface area contributed by atoms with Crippen LogP contribution in [0.5, 0.6) is 5.75 Å². The van der Waals surface area contributed by atoms with Crippen LogP contribution >= 0.6 is 0 Å². The number of hydrogen-bond donors (Lipinski definition) is 3. The van der Waals surface area contributed by atoms with Crippen molar-refractivity contribution < 1.29 is 55.3 Å². The van der Waals surface area contributed by atoms with Crippen LogP contribution in [0.4, 0.5) is 27.6 Å². The minimum atomic E-state index is -5.68. The Bertz CT molecular complexity index is 1720. The van der Waals surface area contributed by atoms with E-state index >= 15 is 0 Å². The molecule has 0 unspecified atom stereocenters. The van der Waals surface area contributed by atoms with Crippen molar-refractivity contribution in [1.82, 2.24) is 4.31 Å². The smallest absolute Gasteiger partial charge is 0.339 e.